The second-order valence-electron chi connectivity index (χ2n) is 6.56. The van der Waals surface area contributed by atoms with Gasteiger partial charge in [-0.15, -0.1) is 0 Å². The molecule has 0 amide bonds. The highest BCUT2D eigenvalue weighted by molar-refractivity contribution is 6.32. The molecule has 2 rings (SSSR count). The molecule has 0 aliphatic carbocycles. The van der Waals surface area contributed by atoms with E-state index < -0.39 is 5.60 Å². The summed E-state index contributed by atoms with van der Waals surface area (Å²) in [7, 11) is 0. The van der Waals surface area contributed by atoms with Crippen molar-refractivity contribution in [2.75, 3.05) is 6.54 Å². The van der Waals surface area contributed by atoms with E-state index in [-0.39, 0.29) is 5.92 Å². The highest BCUT2D eigenvalue weighted by Crippen LogP contribution is 2.38. The minimum atomic E-state index is -0.529. The smallest absolute Gasteiger partial charge is 0.139 e. The zero-order valence-corrected chi connectivity index (χ0v) is 15.1. The fourth-order valence-electron chi connectivity index (χ4n) is 2.63. The lowest BCUT2D eigenvalue weighted by Gasteiger charge is -2.36. The summed E-state index contributed by atoms with van der Waals surface area (Å²) < 4.78 is 6.39. The van der Waals surface area contributed by atoms with Crippen molar-refractivity contribution in [2.24, 2.45) is 11.7 Å². The number of ether oxygens (including phenoxy) is 1. The van der Waals surface area contributed by atoms with Crippen molar-refractivity contribution >= 4 is 11.6 Å². The van der Waals surface area contributed by atoms with Gasteiger partial charge in [0.1, 0.15) is 11.4 Å². The van der Waals surface area contributed by atoms with Crippen LogP contribution in [0.4, 0.5) is 0 Å². The molecular formula is C20H26ClNO. The monoisotopic (exact) mass is 331 g/mol. The predicted molar refractivity (Wildman–Crippen MR) is 98.2 cm³/mol. The van der Waals surface area contributed by atoms with Crippen molar-refractivity contribution in [3.8, 4) is 5.75 Å². The van der Waals surface area contributed by atoms with Gasteiger partial charge in [0.05, 0.1) is 5.02 Å². The summed E-state index contributed by atoms with van der Waals surface area (Å²) in [6.07, 6.45) is 0. The van der Waals surface area contributed by atoms with E-state index in [1.54, 1.807) is 0 Å². The number of hydrogen-bond acceptors (Lipinski definition) is 2. The number of nitrogens with two attached hydrogens (primary N) is 1. The molecule has 2 unspecified atom stereocenters. The summed E-state index contributed by atoms with van der Waals surface area (Å²) >= 11 is 6.46. The molecule has 2 atom stereocenters. The fourth-order valence-corrected chi connectivity index (χ4v) is 2.85. The van der Waals surface area contributed by atoms with E-state index in [4.69, 9.17) is 22.1 Å². The summed E-state index contributed by atoms with van der Waals surface area (Å²) in [5.74, 6) is 1.28. The van der Waals surface area contributed by atoms with Crippen LogP contribution in [0.3, 0.4) is 0 Å². The maximum absolute atomic E-state index is 6.46. The molecule has 0 aliphatic rings. The predicted octanol–water partition coefficient (Wildman–Crippen LogP) is 5.35. The lowest BCUT2D eigenvalue weighted by atomic mass is 9.83. The molecule has 2 nitrogen and oxygen atoms in total. The third kappa shape index (κ3) is 3.88. The number of hydrogen-bond donors (Lipinski definition) is 1. The second-order valence-corrected chi connectivity index (χ2v) is 6.96. The highest BCUT2D eigenvalue weighted by Gasteiger charge is 2.35. The Labute approximate surface area is 144 Å². The average molecular weight is 332 g/mol. The Kier molecular flexibility index (Phi) is 5.72. The van der Waals surface area contributed by atoms with Crippen LogP contribution >= 0.6 is 11.6 Å². The van der Waals surface area contributed by atoms with Crippen molar-refractivity contribution < 1.29 is 4.74 Å². The van der Waals surface area contributed by atoms with Crippen LogP contribution in [0.5, 0.6) is 5.75 Å². The first-order valence-corrected chi connectivity index (χ1v) is 8.50. The first-order valence-electron chi connectivity index (χ1n) is 8.12. The Morgan fingerprint density at radius 3 is 2.26 bits per heavy atom. The lowest BCUT2D eigenvalue weighted by Crippen LogP contribution is -2.40. The van der Waals surface area contributed by atoms with Crippen LogP contribution in [0, 0.1) is 5.92 Å². The molecule has 0 fully saturated rings. The van der Waals surface area contributed by atoms with Gasteiger partial charge in [-0.1, -0.05) is 68.8 Å². The maximum Gasteiger partial charge on any atom is 0.139 e. The Hall–Kier alpha value is -1.51. The minimum Gasteiger partial charge on any atom is -0.481 e. The Bertz CT molecular complexity index is 641. The second kappa shape index (κ2) is 7.37. The molecular weight excluding hydrogens is 306 g/mol. The Morgan fingerprint density at radius 1 is 1.09 bits per heavy atom. The van der Waals surface area contributed by atoms with Gasteiger partial charge in [-0.2, -0.15) is 0 Å². The molecule has 124 valence electrons. The van der Waals surface area contributed by atoms with E-state index >= 15 is 0 Å². The van der Waals surface area contributed by atoms with E-state index in [9.17, 15) is 0 Å². The number of rotatable bonds is 6. The zero-order valence-electron chi connectivity index (χ0n) is 14.3. The summed E-state index contributed by atoms with van der Waals surface area (Å²) in [5, 5.41) is 0.641. The van der Waals surface area contributed by atoms with Crippen molar-refractivity contribution in [2.45, 2.75) is 39.2 Å². The van der Waals surface area contributed by atoms with Gasteiger partial charge < -0.3 is 10.5 Å². The molecule has 0 saturated heterocycles. The van der Waals surface area contributed by atoms with Gasteiger partial charge in [0.2, 0.25) is 0 Å². The van der Waals surface area contributed by atoms with E-state index in [0.29, 0.717) is 23.2 Å². The SMILES string of the molecule is CC(C)c1ccc(OC(C)(c2ccccc2)C(C)CN)c(Cl)c1. The summed E-state index contributed by atoms with van der Waals surface area (Å²) in [5.41, 5.74) is 7.71. The molecule has 2 N–H and O–H groups in total. The van der Waals surface area contributed by atoms with Crippen molar-refractivity contribution in [3.63, 3.8) is 0 Å². The molecule has 0 radical (unpaired) electrons. The van der Waals surface area contributed by atoms with Gasteiger partial charge in [-0.05, 0) is 42.6 Å². The van der Waals surface area contributed by atoms with Gasteiger partial charge in [0, 0.05) is 5.92 Å². The van der Waals surface area contributed by atoms with Gasteiger partial charge >= 0.3 is 0 Å². The number of benzene rings is 2. The summed E-state index contributed by atoms with van der Waals surface area (Å²) in [6.45, 7) is 9.01. The zero-order chi connectivity index (χ0) is 17.0. The topological polar surface area (TPSA) is 35.2 Å². The Morgan fingerprint density at radius 2 is 1.74 bits per heavy atom. The van der Waals surface area contributed by atoms with Gasteiger partial charge in [0.25, 0.3) is 0 Å². The summed E-state index contributed by atoms with van der Waals surface area (Å²) in [6, 6.07) is 16.2. The lowest BCUT2D eigenvalue weighted by molar-refractivity contribution is 0.0329. The molecule has 23 heavy (non-hydrogen) atoms. The van der Waals surface area contributed by atoms with Crippen LogP contribution in [0.1, 0.15) is 44.7 Å². The highest BCUT2D eigenvalue weighted by atomic mass is 35.5. The first kappa shape index (κ1) is 17.8. The summed E-state index contributed by atoms with van der Waals surface area (Å²) in [4.78, 5) is 0. The van der Waals surface area contributed by atoms with Gasteiger partial charge in [0.15, 0.2) is 0 Å². The van der Waals surface area contributed by atoms with Crippen LogP contribution in [0.15, 0.2) is 48.5 Å². The van der Waals surface area contributed by atoms with E-state index in [1.165, 1.54) is 5.56 Å². The molecule has 2 aromatic carbocycles. The number of halogens is 1. The van der Waals surface area contributed by atoms with E-state index in [1.807, 2.05) is 30.3 Å². The fraction of sp³-hybridized carbons (Fsp3) is 0.400. The molecule has 0 aromatic heterocycles. The van der Waals surface area contributed by atoms with E-state index in [2.05, 4.69) is 45.9 Å². The maximum atomic E-state index is 6.46. The van der Waals surface area contributed by atoms with Gasteiger partial charge in [-0.25, -0.2) is 0 Å². The first-order chi connectivity index (χ1) is 10.9. The van der Waals surface area contributed by atoms with Crippen LogP contribution in [-0.2, 0) is 5.60 Å². The van der Waals surface area contributed by atoms with Crippen molar-refractivity contribution in [1.29, 1.82) is 0 Å². The molecule has 3 heteroatoms. The molecule has 0 bridgehead atoms. The van der Waals surface area contributed by atoms with Gasteiger partial charge in [-0.3, -0.25) is 0 Å². The van der Waals surface area contributed by atoms with Crippen LogP contribution < -0.4 is 10.5 Å². The van der Waals surface area contributed by atoms with Crippen molar-refractivity contribution in [3.05, 3.63) is 64.7 Å². The Balaban J connectivity index is 2.40. The largest absolute Gasteiger partial charge is 0.481 e. The molecule has 2 aromatic rings. The van der Waals surface area contributed by atoms with Crippen molar-refractivity contribution in [1.82, 2.24) is 0 Å². The van der Waals surface area contributed by atoms with E-state index in [0.717, 1.165) is 5.56 Å². The molecule has 0 heterocycles. The van der Waals surface area contributed by atoms with Crippen LogP contribution in [-0.4, -0.2) is 6.54 Å². The minimum absolute atomic E-state index is 0.144. The standard InChI is InChI=1S/C20H26ClNO/c1-14(2)16-10-11-19(18(21)12-16)23-20(4,15(3)13-22)17-8-6-5-7-9-17/h5-12,14-15H,13,22H2,1-4H3. The third-order valence-electron chi connectivity index (χ3n) is 4.59. The average Bonchev–Trinajstić information content (AvgIpc) is 2.56. The normalized spacial score (nSPS) is 15.3. The third-order valence-corrected chi connectivity index (χ3v) is 4.88. The van der Waals surface area contributed by atoms with Crippen LogP contribution in [0.2, 0.25) is 5.02 Å². The molecule has 0 saturated carbocycles. The van der Waals surface area contributed by atoms with Crippen LogP contribution in [0.25, 0.3) is 0 Å². The molecule has 0 aliphatic heterocycles. The quantitative estimate of drug-likeness (QED) is 0.774. The molecule has 0 spiro atoms.